The van der Waals surface area contributed by atoms with Gasteiger partial charge in [-0.25, -0.2) is 0 Å². The number of carbonyl (C=O) groups is 2. The van der Waals surface area contributed by atoms with Gasteiger partial charge in [-0.2, -0.15) is 11.3 Å². The first-order valence-electron chi connectivity index (χ1n) is 8.28. The number of hydrogen-bond acceptors (Lipinski definition) is 3. The molecule has 2 amide bonds. The second kappa shape index (κ2) is 7.18. The van der Waals surface area contributed by atoms with Crippen LogP contribution in [0.2, 0.25) is 0 Å². The first kappa shape index (κ1) is 16.7. The summed E-state index contributed by atoms with van der Waals surface area (Å²) in [6, 6.07) is 9.57. The van der Waals surface area contributed by atoms with E-state index in [-0.39, 0.29) is 5.41 Å². The molecule has 2 aromatic rings. The molecule has 1 aromatic heterocycles. The fourth-order valence-electron chi connectivity index (χ4n) is 3.41. The third-order valence-electron chi connectivity index (χ3n) is 4.88. The molecule has 1 aliphatic carbocycles. The summed E-state index contributed by atoms with van der Waals surface area (Å²) < 4.78 is 0. The molecule has 0 bridgehead atoms. The van der Waals surface area contributed by atoms with Gasteiger partial charge in [-0.05, 0) is 53.8 Å². The Morgan fingerprint density at radius 1 is 1.12 bits per heavy atom. The smallest absolute Gasteiger partial charge is 0.313 e. The number of amides is 2. The SMILES string of the molecule is Cc1ccccc1NC(=O)C(=O)NCC1(c2ccsc2)CCCC1. The van der Waals surface area contributed by atoms with E-state index in [2.05, 4.69) is 27.5 Å². The zero-order valence-corrected chi connectivity index (χ0v) is 14.6. The highest BCUT2D eigenvalue weighted by Gasteiger charge is 2.36. The van der Waals surface area contributed by atoms with E-state index in [9.17, 15) is 9.59 Å². The summed E-state index contributed by atoms with van der Waals surface area (Å²) in [4.78, 5) is 24.3. The highest BCUT2D eigenvalue weighted by molar-refractivity contribution is 7.08. The van der Waals surface area contributed by atoms with Crippen molar-refractivity contribution < 1.29 is 9.59 Å². The molecule has 24 heavy (non-hydrogen) atoms. The van der Waals surface area contributed by atoms with Crippen LogP contribution in [0.15, 0.2) is 41.1 Å². The molecule has 0 unspecified atom stereocenters. The lowest BCUT2D eigenvalue weighted by atomic mass is 9.80. The maximum atomic E-state index is 12.2. The molecule has 0 atom stereocenters. The van der Waals surface area contributed by atoms with Crippen LogP contribution in [-0.2, 0) is 15.0 Å². The van der Waals surface area contributed by atoms with Gasteiger partial charge in [0, 0.05) is 17.6 Å². The summed E-state index contributed by atoms with van der Waals surface area (Å²) in [6.45, 7) is 2.42. The van der Waals surface area contributed by atoms with Gasteiger partial charge in [0.2, 0.25) is 0 Å². The van der Waals surface area contributed by atoms with Crippen molar-refractivity contribution in [1.29, 1.82) is 0 Å². The monoisotopic (exact) mass is 342 g/mol. The molecule has 1 fully saturated rings. The highest BCUT2D eigenvalue weighted by Crippen LogP contribution is 2.41. The molecule has 4 nitrogen and oxygen atoms in total. The van der Waals surface area contributed by atoms with Crippen molar-refractivity contribution in [2.24, 2.45) is 0 Å². The van der Waals surface area contributed by atoms with Crippen molar-refractivity contribution in [2.75, 3.05) is 11.9 Å². The number of rotatable bonds is 4. The minimum Gasteiger partial charge on any atom is -0.347 e. The number of nitrogens with one attached hydrogen (secondary N) is 2. The predicted molar refractivity (Wildman–Crippen MR) is 97.3 cm³/mol. The van der Waals surface area contributed by atoms with Crippen LogP contribution in [0.1, 0.15) is 36.8 Å². The normalized spacial score (nSPS) is 15.9. The Kier molecular flexibility index (Phi) is 5.00. The third kappa shape index (κ3) is 3.51. The molecular weight excluding hydrogens is 320 g/mol. The van der Waals surface area contributed by atoms with Crippen molar-refractivity contribution >= 4 is 28.8 Å². The number of hydrogen-bond donors (Lipinski definition) is 2. The van der Waals surface area contributed by atoms with Gasteiger partial charge in [-0.3, -0.25) is 9.59 Å². The Bertz CT molecular complexity index is 719. The number of thiophene rings is 1. The average Bonchev–Trinajstić information content (AvgIpc) is 3.26. The molecule has 1 aliphatic rings. The van der Waals surface area contributed by atoms with Crippen LogP contribution in [0.3, 0.4) is 0 Å². The third-order valence-corrected chi connectivity index (χ3v) is 5.56. The topological polar surface area (TPSA) is 58.2 Å². The molecule has 0 radical (unpaired) electrons. The molecule has 0 aliphatic heterocycles. The second-order valence-corrected chi connectivity index (χ2v) is 7.23. The van der Waals surface area contributed by atoms with Gasteiger partial charge < -0.3 is 10.6 Å². The second-order valence-electron chi connectivity index (χ2n) is 6.45. The molecule has 5 heteroatoms. The molecule has 3 rings (SSSR count). The summed E-state index contributed by atoms with van der Waals surface area (Å²) >= 11 is 1.68. The molecule has 126 valence electrons. The van der Waals surface area contributed by atoms with E-state index >= 15 is 0 Å². The maximum absolute atomic E-state index is 12.2. The van der Waals surface area contributed by atoms with E-state index in [0.717, 1.165) is 18.4 Å². The Hall–Kier alpha value is -2.14. The Balaban J connectivity index is 1.62. The summed E-state index contributed by atoms with van der Waals surface area (Å²) in [5, 5.41) is 9.76. The quantitative estimate of drug-likeness (QED) is 0.834. The average molecular weight is 342 g/mol. The number of carbonyl (C=O) groups excluding carboxylic acids is 2. The van der Waals surface area contributed by atoms with E-state index in [0.29, 0.717) is 12.2 Å². The maximum Gasteiger partial charge on any atom is 0.313 e. The van der Waals surface area contributed by atoms with Crippen LogP contribution in [0.5, 0.6) is 0 Å². The van der Waals surface area contributed by atoms with Crippen LogP contribution < -0.4 is 10.6 Å². The molecule has 1 saturated carbocycles. The van der Waals surface area contributed by atoms with Gasteiger partial charge in [-0.15, -0.1) is 0 Å². The zero-order chi connectivity index (χ0) is 17.0. The van der Waals surface area contributed by atoms with Crippen LogP contribution in [-0.4, -0.2) is 18.4 Å². The minimum absolute atomic E-state index is 0.0153. The largest absolute Gasteiger partial charge is 0.347 e. The van der Waals surface area contributed by atoms with E-state index in [1.165, 1.54) is 18.4 Å². The van der Waals surface area contributed by atoms with Crippen molar-refractivity contribution in [1.82, 2.24) is 5.32 Å². The predicted octanol–water partition coefficient (Wildman–Crippen LogP) is 3.62. The summed E-state index contributed by atoms with van der Waals surface area (Å²) in [7, 11) is 0. The lowest BCUT2D eigenvalue weighted by Crippen LogP contribution is -2.43. The molecule has 1 heterocycles. The number of anilines is 1. The van der Waals surface area contributed by atoms with E-state index in [4.69, 9.17) is 0 Å². The van der Waals surface area contributed by atoms with Gasteiger partial charge in [0.15, 0.2) is 0 Å². The van der Waals surface area contributed by atoms with Crippen LogP contribution in [0.25, 0.3) is 0 Å². The zero-order valence-electron chi connectivity index (χ0n) is 13.8. The standard InChI is InChI=1S/C19H22N2O2S/c1-14-6-2-3-7-16(14)21-18(23)17(22)20-13-19(9-4-5-10-19)15-8-11-24-12-15/h2-3,6-8,11-12H,4-5,9-10,13H2,1H3,(H,20,22)(H,21,23). The van der Waals surface area contributed by atoms with Crippen molar-refractivity contribution in [3.63, 3.8) is 0 Å². The number of para-hydroxylation sites is 1. The molecule has 0 saturated heterocycles. The van der Waals surface area contributed by atoms with E-state index in [1.807, 2.05) is 25.1 Å². The summed E-state index contributed by atoms with van der Waals surface area (Å²) in [6.07, 6.45) is 4.45. The van der Waals surface area contributed by atoms with Gasteiger partial charge in [0.1, 0.15) is 0 Å². The lowest BCUT2D eigenvalue weighted by Gasteiger charge is -2.28. The molecule has 2 N–H and O–H groups in total. The lowest BCUT2D eigenvalue weighted by molar-refractivity contribution is -0.136. The molecule has 1 aromatic carbocycles. The summed E-state index contributed by atoms with van der Waals surface area (Å²) in [5.74, 6) is -1.18. The van der Waals surface area contributed by atoms with Gasteiger partial charge >= 0.3 is 11.8 Å². The first-order valence-corrected chi connectivity index (χ1v) is 9.22. The van der Waals surface area contributed by atoms with Gasteiger partial charge in [0.05, 0.1) is 0 Å². The summed E-state index contributed by atoms with van der Waals surface area (Å²) in [5.41, 5.74) is 2.87. The van der Waals surface area contributed by atoms with Gasteiger partial charge in [-0.1, -0.05) is 31.0 Å². The van der Waals surface area contributed by atoms with Crippen molar-refractivity contribution in [3.8, 4) is 0 Å². The Labute approximate surface area is 146 Å². The van der Waals surface area contributed by atoms with E-state index in [1.54, 1.807) is 17.4 Å². The van der Waals surface area contributed by atoms with Gasteiger partial charge in [0.25, 0.3) is 0 Å². The minimum atomic E-state index is -0.609. The molecular formula is C19H22N2O2S. The van der Waals surface area contributed by atoms with Crippen molar-refractivity contribution in [3.05, 3.63) is 52.2 Å². The number of aryl methyl sites for hydroxylation is 1. The highest BCUT2D eigenvalue weighted by atomic mass is 32.1. The Morgan fingerprint density at radius 3 is 2.54 bits per heavy atom. The number of benzene rings is 1. The molecule has 0 spiro atoms. The van der Waals surface area contributed by atoms with Crippen molar-refractivity contribution in [2.45, 2.75) is 38.0 Å². The fraction of sp³-hybridized carbons (Fsp3) is 0.368. The van der Waals surface area contributed by atoms with Crippen LogP contribution in [0, 0.1) is 6.92 Å². The van der Waals surface area contributed by atoms with Crippen LogP contribution in [0.4, 0.5) is 5.69 Å². The van der Waals surface area contributed by atoms with E-state index < -0.39 is 11.8 Å². The Morgan fingerprint density at radius 2 is 1.88 bits per heavy atom. The fourth-order valence-corrected chi connectivity index (χ4v) is 4.19. The van der Waals surface area contributed by atoms with Crippen LogP contribution >= 0.6 is 11.3 Å². The first-order chi connectivity index (χ1) is 11.6.